The van der Waals surface area contributed by atoms with Crippen LogP contribution in [-0.2, 0) is 18.9 Å². The van der Waals surface area contributed by atoms with Crippen LogP contribution < -0.4 is 4.74 Å². The summed E-state index contributed by atoms with van der Waals surface area (Å²) in [5.74, 6) is -1.40. The van der Waals surface area contributed by atoms with Crippen LogP contribution in [-0.4, -0.2) is 24.4 Å². The van der Waals surface area contributed by atoms with Crippen LogP contribution in [0.25, 0.3) is 0 Å². The van der Waals surface area contributed by atoms with Gasteiger partial charge in [0.1, 0.15) is 18.6 Å². The van der Waals surface area contributed by atoms with Crippen molar-refractivity contribution in [2.45, 2.75) is 12.8 Å². The predicted molar refractivity (Wildman–Crippen MR) is 70.6 cm³/mol. The molecule has 8 heteroatoms. The summed E-state index contributed by atoms with van der Waals surface area (Å²) in [6.07, 6.45) is -0.164. The molecule has 0 N–H and O–H groups in total. The zero-order valence-electron chi connectivity index (χ0n) is 10.1. The number of carbonyl (C=O) groups excluding carboxylic acids is 3. The van der Waals surface area contributed by atoms with Crippen LogP contribution >= 0.6 is 15.9 Å². The highest BCUT2D eigenvalue weighted by Crippen LogP contribution is 2.41. The fourth-order valence-electron chi connectivity index (χ4n) is 2.31. The molecule has 1 aromatic carbocycles. The van der Waals surface area contributed by atoms with Crippen LogP contribution in [0, 0.1) is 5.82 Å². The largest absolute Gasteiger partial charge is 0.663 e. The Labute approximate surface area is 122 Å². The molecule has 2 aliphatic heterocycles. The van der Waals surface area contributed by atoms with E-state index in [4.69, 9.17) is 14.0 Å². The second kappa shape index (κ2) is 4.55. The van der Waals surface area contributed by atoms with Crippen molar-refractivity contribution in [3.8, 4) is 5.75 Å². The molecule has 102 valence electrons. The Morgan fingerprint density at radius 3 is 2.25 bits per heavy atom. The highest BCUT2D eigenvalue weighted by Gasteiger charge is 2.71. The first-order chi connectivity index (χ1) is 9.49. The van der Waals surface area contributed by atoms with Gasteiger partial charge in [-0.15, -0.1) is 0 Å². The zero-order valence-corrected chi connectivity index (χ0v) is 11.7. The zero-order chi connectivity index (χ0) is 14.3. The first-order valence-electron chi connectivity index (χ1n) is 5.90. The van der Waals surface area contributed by atoms with Crippen molar-refractivity contribution in [1.29, 1.82) is 0 Å². The summed E-state index contributed by atoms with van der Waals surface area (Å²) in [4.78, 5) is 34.9. The predicted octanol–water partition coefficient (Wildman–Crippen LogP) is 1.98. The normalized spacial score (nSPS) is 19.4. The van der Waals surface area contributed by atoms with E-state index in [1.165, 1.54) is 0 Å². The summed E-state index contributed by atoms with van der Waals surface area (Å²) in [7, 11) is 0. The summed E-state index contributed by atoms with van der Waals surface area (Å²) in [6, 6.07) is 6.53. The van der Waals surface area contributed by atoms with Gasteiger partial charge >= 0.3 is 18.5 Å². The molecule has 0 saturated carbocycles. The average molecular weight is 339 g/mol. The van der Waals surface area contributed by atoms with Gasteiger partial charge in [-0.25, -0.2) is 0 Å². The standard InChI is InChI=1S/C12H8BBrO6/c14-8-1-3-9(4-2-8)18-12(17)13-7(5-10(15)19-13)6-11(16)20-13/h1-4H,5-6H2. The molecule has 3 rings (SSSR count). The van der Waals surface area contributed by atoms with Gasteiger partial charge in [-0.2, -0.15) is 0 Å². The molecule has 0 unspecified atom stereocenters. The molecule has 0 aliphatic carbocycles. The smallest absolute Gasteiger partial charge is 0.606 e. The summed E-state index contributed by atoms with van der Waals surface area (Å²) in [5, 5.41) is 0. The molecular formula is C12H8BBrO6. The number of hydrogen-bond donors (Lipinski definition) is 0. The van der Waals surface area contributed by atoms with Crippen molar-refractivity contribution in [2.75, 3.05) is 0 Å². The van der Waals surface area contributed by atoms with Gasteiger partial charge < -0.3 is 14.0 Å². The van der Waals surface area contributed by atoms with E-state index in [-0.39, 0.29) is 18.6 Å². The van der Waals surface area contributed by atoms with E-state index < -0.39 is 24.4 Å². The van der Waals surface area contributed by atoms with Crippen LogP contribution in [0.3, 0.4) is 0 Å². The third kappa shape index (κ3) is 2.05. The second-order valence-corrected chi connectivity index (χ2v) is 5.49. The Morgan fingerprint density at radius 1 is 1.15 bits per heavy atom. The fourth-order valence-corrected chi connectivity index (χ4v) is 2.57. The minimum Gasteiger partial charge on any atom is -0.606 e. The van der Waals surface area contributed by atoms with Crippen LogP contribution in [0.15, 0.2) is 28.7 Å². The Bertz CT molecular complexity index is 578. The van der Waals surface area contributed by atoms with Crippen LogP contribution in [0.5, 0.6) is 5.75 Å². The van der Waals surface area contributed by atoms with Gasteiger partial charge in [0.15, 0.2) is 0 Å². The van der Waals surface area contributed by atoms with E-state index in [2.05, 4.69) is 15.9 Å². The minimum absolute atomic E-state index is 0.0822. The number of ether oxygens (including phenoxy) is 1. The Morgan fingerprint density at radius 2 is 1.70 bits per heavy atom. The number of rotatable bonds is 2. The molecule has 20 heavy (non-hydrogen) atoms. The highest BCUT2D eigenvalue weighted by atomic mass is 79.9. The summed E-state index contributed by atoms with van der Waals surface area (Å²) >= 11 is 3.26. The molecule has 0 spiro atoms. The fraction of sp³-hybridized carbons (Fsp3) is 0.167. The number of halogens is 1. The van der Waals surface area contributed by atoms with E-state index in [9.17, 15) is 14.4 Å². The topological polar surface area (TPSA) is 78.9 Å². The van der Waals surface area contributed by atoms with Crippen LogP contribution in [0.4, 0.5) is 4.79 Å². The van der Waals surface area contributed by atoms with Gasteiger partial charge in [0.25, 0.3) is 5.87 Å². The van der Waals surface area contributed by atoms with Gasteiger partial charge in [0, 0.05) is 10.3 Å². The van der Waals surface area contributed by atoms with E-state index in [0.717, 1.165) is 4.47 Å². The van der Waals surface area contributed by atoms with Crippen molar-refractivity contribution in [3.63, 3.8) is 0 Å². The molecule has 0 aromatic heterocycles. The minimum atomic E-state index is -2.76. The molecule has 0 atom stereocenters. The number of hydrogen-bond acceptors (Lipinski definition) is 6. The lowest BCUT2D eigenvalue weighted by molar-refractivity contribution is -0.138. The number of carbonyl (C=O) groups is 3. The number of benzene rings is 1. The average Bonchev–Trinajstić information content (AvgIpc) is 2.84. The molecular weight excluding hydrogens is 331 g/mol. The first kappa shape index (κ1) is 13.0. The summed E-state index contributed by atoms with van der Waals surface area (Å²) in [6.45, 7) is -2.76. The lowest BCUT2D eigenvalue weighted by Gasteiger charge is -2.22. The third-order valence-electron chi connectivity index (χ3n) is 3.22. The van der Waals surface area contributed by atoms with Gasteiger partial charge in [-0.05, 0) is 24.3 Å². The molecule has 2 aliphatic rings. The second-order valence-electron chi connectivity index (χ2n) is 4.58. The van der Waals surface area contributed by atoms with Crippen molar-refractivity contribution in [3.05, 3.63) is 34.6 Å². The van der Waals surface area contributed by atoms with Crippen LogP contribution in [0.1, 0.15) is 12.8 Å². The molecule has 0 amide bonds. The quantitative estimate of drug-likeness (QED) is 0.606. The maximum Gasteiger partial charge on any atom is 0.663 e. The molecule has 2 fully saturated rings. The van der Waals surface area contributed by atoms with E-state index in [1.807, 2.05) is 0 Å². The first-order valence-corrected chi connectivity index (χ1v) is 6.70. The Hall–Kier alpha value is -1.96. The SMILES string of the molecule is O=C1C[C+]2CC(=O)O[B-]2(C(=O)Oc2ccc(Br)cc2)O1. The molecule has 0 bridgehead atoms. The lowest BCUT2D eigenvalue weighted by Crippen LogP contribution is -2.50. The Balaban J connectivity index is 1.83. The summed E-state index contributed by atoms with van der Waals surface area (Å²) < 4.78 is 15.9. The van der Waals surface area contributed by atoms with Crippen molar-refractivity contribution < 1.29 is 28.4 Å². The van der Waals surface area contributed by atoms with Gasteiger partial charge in [-0.1, -0.05) is 15.9 Å². The third-order valence-corrected chi connectivity index (χ3v) is 3.75. The lowest BCUT2D eigenvalue weighted by atomic mass is 9.49. The molecule has 2 saturated heterocycles. The van der Waals surface area contributed by atoms with Crippen LogP contribution in [0.2, 0.25) is 0 Å². The van der Waals surface area contributed by atoms with Crippen molar-refractivity contribution >= 4 is 40.3 Å². The monoisotopic (exact) mass is 338 g/mol. The molecule has 1 aromatic rings. The van der Waals surface area contributed by atoms with E-state index in [0.29, 0.717) is 5.82 Å². The maximum absolute atomic E-state index is 12.2. The van der Waals surface area contributed by atoms with Crippen molar-refractivity contribution in [1.82, 2.24) is 0 Å². The highest BCUT2D eigenvalue weighted by molar-refractivity contribution is 9.10. The van der Waals surface area contributed by atoms with Gasteiger partial charge in [0.2, 0.25) is 0 Å². The van der Waals surface area contributed by atoms with E-state index >= 15 is 0 Å². The van der Waals surface area contributed by atoms with Crippen molar-refractivity contribution in [2.24, 2.45) is 0 Å². The molecule has 6 nitrogen and oxygen atoms in total. The molecule has 0 radical (unpaired) electrons. The van der Waals surface area contributed by atoms with E-state index in [1.54, 1.807) is 24.3 Å². The summed E-state index contributed by atoms with van der Waals surface area (Å²) in [5.41, 5.74) is 0. The Kier molecular flexibility index (Phi) is 2.97. The number of fused-ring (bicyclic) bond motifs is 1. The maximum atomic E-state index is 12.2. The van der Waals surface area contributed by atoms with Gasteiger partial charge in [0.05, 0.1) is 0 Å². The van der Waals surface area contributed by atoms with Gasteiger partial charge in [-0.3, -0.25) is 14.4 Å². The molecule has 2 heterocycles.